The van der Waals surface area contributed by atoms with Gasteiger partial charge in [0.05, 0.1) is 6.61 Å². The van der Waals surface area contributed by atoms with Crippen LogP contribution in [0.3, 0.4) is 0 Å². The Kier molecular flexibility index (Phi) is 3.52. The third kappa shape index (κ3) is 2.39. The summed E-state index contributed by atoms with van der Waals surface area (Å²) in [6.45, 7) is 4.11. The van der Waals surface area contributed by atoms with Crippen LogP contribution in [-0.2, 0) is 17.6 Å². The van der Waals surface area contributed by atoms with Crippen LogP contribution >= 0.6 is 0 Å². The lowest BCUT2D eigenvalue weighted by Crippen LogP contribution is -2.09. The number of rotatable bonds is 5. The number of hydrogen-bond acceptors (Lipinski definition) is 2. The Labute approximate surface area is 95.9 Å². The monoisotopic (exact) mass is 216 g/mol. The van der Waals surface area contributed by atoms with Gasteiger partial charge in [-0.15, -0.1) is 6.58 Å². The third-order valence-electron chi connectivity index (χ3n) is 2.89. The molecule has 0 radical (unpaired) electrons. The molecule has 16 heavy (non-hydrogen) atoms. The Hall–Kier alpha value is -1.41. The predicted octanol–water partition coefficient (Wildman–Crippen LogP) is 2.56. The summed E-state index contributed by atoms with van der Waals surface area (Å²) in [5, 5.41) is 0. The van der Waals surface area contributed by atoms with Crippen LogP contribution in [0.2, 0.25) is 0 Å². The normalized spacial score (nSPS) is 13.5. The second kappa shape index (κ2) is 5.08. The van der Waals surface area contributed by atoms with E-state index in [1.54, 1.807) is 6.08 Å². The van der Waals surface area contributed by atoms with Gasteiger partial charge in [0.1, 0.15) is 6.61 Å². The smallest absolute Gasteiger partial charge is 0.188 e. The van der Waals surface area contributed by atoms with Gasteiger partial charge < -0.3 is 4.74 Å². The first-order valence-corrected chi connectivity index (χ1v) is 5.65. The minimum Gasteiger partial charge on any atom is -0.369 e. The number of carbonyl (C=O) groups excluding carboxylic acids is 1. The van der Waals surface area contributed by atoms with Gasteiger partial charge in [0.15, 0.2) is 5.78 Å². The van der Waals surface area contributed by atoms with Crippen LogP contribution in [0.15, 0.2) is 30.9 Å². The van der Waals surface area contributed by atoms with E-state index in [0.717, 1.165) is 18.4 Å². The fourth-order valence-electron chi connectivity index (χ4n) is 2.06. The second-order valence-electron chi connectivity index (χ2n) is 4.06. The molecule has 0 saturated heterocycles. The maximum absolute atomic E-state index is 11.8. The molecule has 0 saturated carbocycles. The summed E-state index contributed by atoms with van der Waals surface area (Å²) in [4.78, 5) is 11.8. The Balaban J connectivity index is 2.03. The zero-order valence-electron chi connectivity index (χ0n) is 9.37. The molecule has 2 heteroatoms. The molecule has 0 bridgehead atoms. The van der Waals surface area contributed by atoms with Gasteiger partial charge in [-0.05, 0) is 36.5 Å². The van der Waals surface area contributed by atoms with E-state index in [-0.39, 0.29) is 12.4 Å². The van der Waals surface area contributed by atoms with Gasteiger partial charge in [-0.25, -0.2) is 0 Å². The summed E-state index contributed by atoms with van der Waals surface area (Å²) in [5.74, 6) is 0.0524. The minimum atomic E-state index is 0.0524. The Morgan fingerprint density at radius 3 is 3.00 bits per heavy atom. The van der Waals surface area contributed by atoms with Gasteiger partial charge in [0.25, 0.3) is 0 Å². The molecule has 0 unspecified atom stereocenters. The van der Waals surface area contributed by atoms with E-state index in [1.165, 1.54) is 17.5 Å². The second-order valence-corrected chi connectivity index (χ2v) is 4.06. The molecule has 84 valence electrons. The van der Waals surface area contributed by atoms with Crippen molar-refractivity contribution in [1.82, 2.24) is 0 Å². The number of hydrogen-bond donors (Lipinski definition) is 0. The van der Waals surface area contributed by atoms with Crippen molar-refractivity contribution >= 4 is 5.78 Å². The Morgan fingerprint density at radius 1 is 1.38 bits per heavy atom. The highest BCUT2D eigenvalue weighted by Gasteiger charge is 2.13. The van der Waals surface area contributed by atoms with Gasteiger partial charge in [0, 0.05) is 5.56 Å². The lowest BCUT2D eigenvalue weighted by Gasteiger charge is -2.04. The van der Waals surface area contributed by atoms with Crippen molar-refractivity contribution in [2.24, 2.45) is 0 Å². The van der Waals surface area contributed by atoms with Crippen LogP contribution in [0, 0.1) is 0 Å². The van der Waals surface area contributed by atoms with Crippen molar-refractivity contribution < 1.29 is 9.53 Å². The van der Waals surface area contributed by atoms with Crippen molar-refractivity contribution in [3.63, 3.8) is 0 Å². The van der Waals surface area contributed by atoms with Gasteiger partial charge >= 0.3 is 0 Å². The molecule has 0 aromatic heterocycles. The molecule has 0 spiro atoms. The van der Waals surface area contributed by atoms with Crippen molar-refractivity contribution in [3.05, 3.63) is 47.5 Å². The average molecular weight is 216 g/mol. The zero-order chi connectivity index (χ0) is 11.4. The predicted molar refractivity (Wildman–Crippen MR) is 63.8 cm³/mol. The molecule has 1 aliphatic carbocycles. The lowest BCUT2D eigenvalue weighted by atomic mass is 10.0. The maximum Gasteiger partial charge on any atom is 0.188 e. The first kappa shape index (κ1) is 11.1. The van der Waals surface area contributed by atoms with E-state index in [0.29, 0.717) is 6.61 Å². The summed E-state index contributed by atoms with van der Waals surface area (Å²) in [6.07, 6.45) is 5.11. The first-order chi connectivity index (χ1) is 7.81. The average Bonchev–Trinajstić information content (AvgIpc) is 2.76. The van der Waals surface area contributed by atoms with Crippen molar-refractivity contribution in [1.29, 1.82) is 0 Å². The number of ketones is 1. The molecular formula is C14H16O2. The molecule has 0 heterocycles. The molecule has 0 fully saturated rings. The molecule has 1 aromatic carbocycles. The van der Waals surface area contributed by atoms with E-state index < -0.39 is 0 Å². The molecule has 0 N–H and O–H groups in total. The molecular weight excluding hydrogens is 200 g/mol. The standard InChI is InChI=1S/C14H16O2/c1-2-8-16-10-14(15)13-7-6-11-4-3-5-12(11)9-13/h2,6-7,9H,1,3-5,8,10H2. The zero-order valence-corrected chi connectivity index (χ0v) is 9.37. The van der Waals surface area contributed by atoms with Crippen LogP contribution in [0.4, 0.5) is 0 Å². The number of ether oxygens (including phenoxy) is 1. The third-order valence-corrected chi connectivity index (χ3v) is 2.89. The van der Waals surface area contributed by atoms with E-state index >= 15 is 0 Å². The highest BCUT2D eigenvalue weighted by molar-refractivity contribution is 5.97. The lowest BCUT2D eigenvalue weighted by molar-refractivity contribution is 0.0806. The number of benzene rings is 1. The Morgan fingerprint density at radius 2 is 2.19 bits per heavy atom. The summed E-state index contributed by atoms with van der Waals surface area (Å²) in [6, 6.07) is 5.99. The van der Waals surface area contributed by atoms with Crippen molar-refractivity contribution in [2.45, 2.75) is 19.3 Å². The van der Waals surface area contributed by atoms with E-state index in [1.807, 2.05) is 12.1 Å². The topological polar surface area (TPSA) is 26.3 Å². The van der Waals surface area contributed by atoms with E-state index in [2.05, 4.69) is 12.6 Å². The molecule has 1 aliphatic rings. The van der Waals surface area contributed by atoms with E-state index in [9.17, 15) is 4.79 Å². The number of Topliss-reactive ketones (excluding diaryl/α,β-unsaturated/α-hetero) is 1. The van der Waals surface area contributed by atoms with Gasteiger partial charge in [0.2, 0.25) is 0 Å². The highest BCUT2D eigenvalue weighted by Crippen LogP contribution is 2.22. The number of fused-ring (bicyclic) bond motifs is 1. The SMILES string of the molecule is C=CCOCC(=O)c1ccc2c(c1)CCC2. The maximum atomic E-state index is 11.8. The van der Waals surface area contributed by atoms with Crippen LogP contribution in [0.25, 0.3) is 0 Å². The quantitative estimate of drug-likeness (QED) is 0.429. The minimum absolute atomic E-state index is 0.0524. The molecule has 0 atom stereocenters. The molecule has 0 aliphatic heterocycles. The summed E-state index contributed by atoms with van der Waals surface area (Å²) in [5.41, 5.74) is 3.49. The van der Waals surface area contributed by atoms with Crippen LogP contribution in [0.1, 0.15) is 27.9 Å². The van der Waals surface area contributed by atoms with E-state index in [4.69, 9.17) is 4.74 Å². The van der Waals surface area contributed by atoms with Gasteiger partial charge in [-0.3, -0.25) is 4.79 Å². The highest BCUT2D eigenvalue weighted by atomic mass is 16.5. The molecule has 1 aromatic rings. The molecule has 2 rings (SSSR count). The Bertz CT molecular complexity index is 407. The summed E-state index contributed by atoms with van der Waals surface area (Å²) >= 11 is 0. The number of carbonyl (C=O) groups is 1. The van der Waals surface area contributed by atoms with Gasteiger partial charge in [-0.2, -0.15) is 0 Å². The summed E-state index contributed by atoms with van der Waals surface area (Å²) < 4.78 is 5.15. The van der Waals surface area contributed by atoms with Gasteiger partial charge in [-0.1, -0.05) is 18.2 Å². The summed E-state index contributed by atoms with van der Waals surface area (Å²) in [7, 11) is 0. The van der Waals surface area contributed by atoms with Crippen LogP contribution in [-0.4, -0.2) is 19.0 Å². The molecule has 2 nitrogen and oxygen atoms in total. The largest absolute Gasteiger partial charge is 0.369 e. The fraction of sp³-hybridized carbons (Fsp3) is 0.357. The molecule has 0 amide bonds. The van der Waals surface area contributed by atoms with Crippen molar-refractivity contribution in [3.8, 4) is 0 Å². The number of aryl methyl sites for hydroxylation is 2. The fourth-order valence-corrected chi connectivity index (χ4v) is 2.06. The van der Waals surface area contributed by atoms with Crippen LogP contribution < -0.4 is 0 Å². The first-order valence-electron chi connectivity index (χ1n) is 5.65. The van der Waals surface area contributed by atoms with Crippen LogP contribution in [0.5, 0.6) is 0 Å². The van der Waals surface area contributed by atoms with Crippen molar-refractivity contribution in [2.75, 3.05) is 13.2 Å².